The highest BCUT2D eigenvalue weighted by atomic mass is 79.9. The first-order valence-corrected chi connectivity index (χ1v) is 7.48. The number of benzene rings is 1. The van der Waals surface area contributed by atoms with Gasteiger partial charge in [0.2, 0.25) is 0 Å². The molecular weight excluding hydrogens is 302 g/mol. The summed E-state index contributed by atoms with van der Waals surface area (Å²) < 4.78 is 3.05. The normalized spacial score (nSPS) is 23.5. The van der Waals surface area contributed by atoms with Gasteiger partial charge in [-0.2, -0.15) is 5.10 Å². The van der Waals surface area contributed by atoms with Crippen LogP contribution in [0.5, 0.6) is 0 Å². The number of rotatable bonds is 2. The van der Waals surface area contributed by atoms with Crippen LogP contribution >= 0.6 is 15.9 Å². The first-order valence-electron chi connectivity index (χ1n) is 6.69. The molecule has 2 unspecified atom stereocenters. The van der Waals surface area contributed by atoms with Gasteiger partial charge in [-0.3, -0.25) is 4.68 Å². The summed E-state index contributed by atoms with van der Waals surface area (Å²) in [6.07, 6.45) is 5.34. The lowest BCUT2D eigenvalue weighted by molar-refractivity contribution is 0.404. The lowest BCUT2D eigenvalue weighted by atomic mass is 9.78. The molecule has 1 aromatic carbocycles. The predicted octanol–water partition coefficient (Wildman–Crippen LogP) is 3.04. The van der Waals surface area contributed by atoms with E-state index in [1.165, 1.54) is 17.5 Å². The van der Waals surface area contributed by atoms with E-state index in [-0.39, 0.29) is 0 Å². The molecule has 1 N–H and O–H groups in total. The second-order valence-electron chi connectivity index (χ2n) is 5.21. The summed E-state index contributed by atoms with van der Waals surface area (Å²) in [5, 5.41) is 7.84. The molecule has 0 bridgehead atoms. The van der Waals surface area contributed by atoms with E-state index in [2.05, 4.69) is 56.8 Å². The van der Waals surface area contributed by atoms with Gasteiger partial charge < -0.3 is 5.32 Å². The predicted molar refractivity (Wildman–Crippen MR) is 80.3 cm³/mol. The third kappa shape index (κ3) is 2.74. The van der Waals surface area contributed by atoms with Crippen molar-refractivity contribution < 1.29 is 0 Å². The van der Waals surface area contributed by atoms with Gasteiger partial charge in [-0.15, -0.1) is 0 Å². The fraction of sp³-hybridized carbons (Fsp3) is 0.400. The van der Waals surface area contributed by atoms with Crippen molar-refractivity contribution in [2.24, 2.45) is 7.05 Å². The summed E-state index contributed by atoms with van der Waals surface area (Å²) in [5.41, 5.74) is 2.75. The molecule has 100 valence electrons. The number of hydrogen-bond donors (Lipinski definition) is 1. The maximum Gasteiger partial charge on any atom is 0.0524 e. The van der Waals surface area contributed by atoms with Gasteiger partial charge in [0.1, 0.15) is 0 Å². The van der Waals surface area contributed by atoms with Crippen LogP contribution in [0.2, 0.25) is 0 Å². The molecule has 0 amide bonds. The van der Waals surface area contributed by atoms with Gasteiger partial charge >= 0.3 is 0 Å². The molecule has 19 heavy (non-hydrogen) atoms. The van der Waals surface area contributed by atoms with Gasteiger partial charge in [0.15, 0.2) is 0 Å². The number of hydrogen-bond acceptors (Lipinski definition) is 2. The summed E-state index contributed by atoms with van der Waals surface area (Å²) in [7, 11) is 1.98. The molecule has 2 heterocycles. The Labute approximate surface area is 122 Å². The fourth-order valence-corrected chi connectivity index (χ4v) is 3.39. The van der Waals surface area contributed by atoms with Gasteiger partial charge in [0, 0.05) is 30.2 Å². The molecule has 1 aliphatic rings. The standard InChI is InChI=1S/C15H18BrN3/c1-19-10-12(8-18-19)14-5-6-17-9-15(14)11-3-2-4-13(16)7-11/h2-4,7-8,10,14-15,17H,5-6,9H2,1H3. The summed E-state index contributed by atoms with van der Waals surface area (Å²) in [6.45, 7) is 2.13. The molecule has 1 aromatic heterocycles. The zero-order valence-electron chi connectivity index (χ0n) is 11.0. The van der Waals surface area contributed by atoms with Gasteiger partial charge in [-0.25, -0.2) is 0 Å². The first kappa shape index (κ1) is 12.9. The van der Waals surface area contributed by atoms with E-state index in [4.69, 9.17) is 0 Å². The van der Waals surface area contributed by atoms with Gasteiger partial charge in [0.05, 0.1) is 6.20 Å². The second-order valence-corrected chi connectivity index (χ2v) is 6.12. The van der Waals surface area contributed by atoms with Crippen molar-refractivity contribution in [3.63, 3.8) is 0 Å². The van der Waals surface area contributed by atoms with E-state index in [1.807, 2.05) is 17.9 Å². The molecule has 1 aliphatic heterocycles. The molecule has 0 spiro atoms. The van der Waals surface area contributed by atoms with Crippen molar-refractivity contribution in [3.05, 3.63) is 52.3 Å². The summed E-state index contributed by atoms with van der Waals surface area (Å²) in [5.74, 6) is 1.08. The lowest BCUT2D eigenvalue weighted by Crippen LogP contribution is -2.33. The highest BCUT2D eigenvalue weighted by Crippen LogP contribution is 2.37. The summed E-state index contributed by atoms with van der Waals surface area (Å²) in [4.78, 5) is 0. The van der Waals surface area contributed by atoms with E-state index in [9.17, 15) is 0 Å². The monoisotopic (exact) mass is 319 g/mol. The maximum atomic E-state index is 4.32. The van der Waals surface area contributed by atoms with Crippen LogP contribution in [0.25, 0.3) is 0 Å². The van der Waals surface area contributed by atoms with E-state index in [0.717, 1.165) is 17.6 Å². The number of nitrogens with one attached hydrogen (secondary N) is 1. The van der Waals surface area contributed by atoms with Crippen molar-refractivity contribution in [1.82, 2.24) is 15.1 Å². The Morgan fingerprint density at radius 2 is 2.21 bits per heavy atom. The molecule has 0 saturated carbocycles. The van der Waals surface area contributed by atoms with Crippen LogP contribution in [0.3, 0.4) is 0 Å². The number of nitrogens with zero attached hydrogens (tertiary/aromatic N) is 2. The van der Waals surface area contributed by atoms with Crippen LogP contribution in [-0.2, 0) is 7.05 Å². The fourth-order valence-electron chi connectivity index (χ4n) is 2.98. The quantitative estimate of drug-likeness (QED) is 0.922. The minimum absolute atomic E-state index is 0.524. The van der Waals surface area contributed by atoms with E-state index >= 15 is 0 Å². The highest BCUT2D eigenvalue weighted by molar-refractivity contribution is 9.10. The van der Waals surface area contributed by atoms with Crippen LogP contribution in [0.1, 0.15) is 29.4 Å². The van der Waals surface area contributed by atoms with Crippen LogP contribution in [0.15, 0.2) is 41.1 Å². The third-order valence-corrected chi connectivity index (χ3v) is 4.41. The Balaban J connectivity index is 1.93. The Kier molecular flexibility index (Phi) is 3.71. The molecule has 0 radical (unpaired) electrons. The SMILES string of the molecule is Cn1cc(C2CCNCC2c2cccc(Br)c2)cn1. The topological polar surface area (TPSA) is 29.9 Å². The third-order valence-electron chi connectivity index (χ3n) is 3.91. The Morgan fingerprint density at radius 1 is 1.32 bits per heavy atom. The second kappa shape index (κ2) is 5.47. The number of aryl methyl sites for hydroxylation is 1. The lowest BCUT2D eigenvalue weighted by Gasteiger charge is -2.32. The molecule has 1 saturated heterocycles. The van der Waals surface area contributed by atoms with Crippen LogP contribution in [0.4, 0.5) is 0 Å². The van der Waals surface area contributed by atoms with Crippen molar-refractivity contribution in [3.8, 4) is 0 Å². The van der Waals surface area contributed by atoms with Crippen molar-refractivity contribution in [1.29, 1.82) is 0 Å². The zero-order valence-corrected chi connectivity index (χ0v) is 12.6. The first-order chi connectivity index (χ1) is 9.24. The summed E-state index contributed by atoms with van der Waals surface area (Å²) in [6, 6.07) is 8.67. The average molecular weight is 320 g/mol. The number of piperidine rings is 1. The molecule has 3 rings (SSSR count). The van der Waals surface area contributed by atoms with E-state index in [1.54, 1.807) is 0 Å². The minimum Gasteiger partial charge on any atom is -0.316 e. The Bertz CT molecular complexity index is 564. The van der Waals surface area contributed by atoms with Gasteiger partial charge in [0.25, 0.3) is 0 Å². The number of aromatic nitrogens is 2. The molecule has 0 aliphatic carbocycles. The molecule has 1 fully saturated rings. The minimum atomic E-state index is 0.524. The smallest absolute Gasteiger partial charge is 0.0524 e. The van der Waals surface area contributed by atoms with Crippen LogP contribution < -0.4 is 5.32 Å². The molecule has 3 nitrogen and oxygen atoms in total. The van der Waals surface area contributed by atoms with Gasteiger partial charge in [-0.05, 0) is 42.1 Å². The maximum absolute atomic E-state index is 4.32. The van der Waals surface area contributed by atoms with Crippen molar-refractivity contribution >= 4 is 15.9 Å². The van der Waals surface area contributed by atoms with E-state index < -0.39 is 0 Å². The Hall–Kier alpha value is -1.13. The van der Waals surface area contributed by atoms with Crippen LogP contribution in [0, 0.1) is 0 Å². The molecule has 2 aromatic rings. The van der Waals surface area contributed by atoms with Crippen molar-refractivity contribution in [2.45, 2.75) is 18.3 Å². The zero-order chi connectivity index (χ0) is 13.2. The molecular formula is C15H18BrN3. The average Bonchev–Trinajstić information content (AvgIpc) is 2.85. The van der Waals surface area contributed by atoms with E-state index in [0.29, 0.717) is 11.8 Å². The molecule has 2 atom stereocenters. The van der Waals surface area contributed by atoms with Gasteiger partial charge in [-0.1, -0.05) is 28.1 Å². The Morgan fingerprint density at radius 3 is 2.95 bits per heavy atom. The number of halogens is 1. The highest BCUT2D eigenvalue weighted by Gasteiger charge is 2.28. The largest absolute Gasteiger partial charge is 0.316 e. The van der Waals surface area contributed by atoms with Crippen LogP contribution in [-0.4, -0.2) is 22.9 Å². The molecule has 4 heteroatoms. The van der Waals surface area contributed by atoms with Crippen molar-refractivity contribution in [2.75, 3.05) is 13.1 Å². The summed E-state index contributed by atoms with van der Waals surface area (Å²) >= 11 is 3.57.